The third kappa shape index (κ3) is 20.6. The highest BCUT2D eigenvalue weighted by Crippen LogP contribution is 2.21. The molecule has 0 amide bonds. The van der Waals surface area contributed by atoms with Crippen LogP contribution >= 0.6 is 0 Å². The van der Waals surface area contributed by atoms with Crippen LogP contribution in [0.4, 0.5) is 0 Å². The normalized spacial score (nSPS) is 18.2. The van der Waals surface area contributed by atoms with Gasteiger partial charge in [0.1, 0.15) is 6.10 Å². The first-order valence-corrected chi connectivity index (χ1v) is 17.5. The summed E-state index contributed by atoms with van der Waals surface area (Å²) in [5.41, 5.74) is 0.848. The highest BCUT2D eigenvalue weighted by atomic mass is 16.5. The van der Waals surface area contributed by atoms with Crippen LogP contribution in [0.2, 0.25) is 0 Å². The fourth-order valence-electron chi connectivity index (χ4n) is 5.85. The number of aliphatic hydroxyl groups is 4. The fraction of sp³-hybridized carbons (Fsp3) is 0.914. The topological polar surface area (TPSA) is 107 Å². The average Bonchev–Trinajstić information content (AvgIpc) is 3.28. The number of cyclic esters (lactones) is 1. The smallest absolute Gasteiger partial charge is 0.334 e. The lowest BCUT2D eigenvalue weighted by atomic mass is 9.96. The van der Waals surface area contributed by atoms with E-state index in [1.165, 1.54) is 83.5 Å². The molecule has 1 aliphatic heterocycles. The number of aliphatic hydroxyl groups excluding tert-OH is 4. The summed E-state index contributed by atoms with van der Waals surface area (Å²) < 4.78 is 5.13. The largest absolute Gasteiger partial charge is 0.455 e. The van der Waals surface area contributed by atoms with Gasteiger partial charge in [0.2, 0.25) is 0 Å². The molecule has 0 unspecified atom stereocenters. The van der Waals surface area contributed by atoms with Gasteiger partial charge >= 0.3 is 5.97 Å². The van der Waals surface area contributed by atoms with Gasteiger partial charge < -0.3 is 25.2 Å². The molecule has 6 heteroatoms. The Morgan fingerprint density at radius 3 is 1.27 bits per heavy atom. The van der Waals surface area contributed by atoms with Crippen molar-refractivity contribution in [2.45, 2.75) is 205 Å². The van der Waals surface area contributed by atoms with Crippen molar-refractivity contribution in [3.63, 3.8) is 0 Å². The molecule has 1 rings (SSSR count). The Kier molecular flexibility index (Phi) is 23.7. The van der Waals surface area contributed by atoms with Gasteiger partial charge in [0.05, 0.1) is 24.4 Å². The zero-order valence-electron chi connectivity index (χ0n) is 26.7. The van der Waals surface area contributed by atoms with E-state index in [1.54, 1.807) is 0 Å². The van der Waals surface area contributed by atoms with Crippen LogP contribution in [0.25, 0.3) is 0 Å². The molecule has 0 bridgehead atoms. The second-order valence-electron chi connectivity index (χ2n) is 12.7. The summed E-state index contributed by atoms with van der Waals surface area (Å²) in [5, 5.41) is 41.1. The number of carbonyl (C=O) groups excluding carboxylic acids is 1. The van der Waals surface area contributed by atoms with Gasteiger partial charge in [-0.05, 0) is 51.5 Å². The van der Waals surface area contributed by atoms with Crippen LogP contribution < -0.4 is 0 Å². The van der Waals surface area contributed by atoms with Crippen molar-refractivity contribution in [3.05, 3.63) is 11.6 Å². The number of esters is 1. The summed E-state index contributed by atoms with van der Waals surface area (Å²) in [6.07, 6.45) is 25.3. The first-order valence-electron chi connectivity index (χ1n) is 17.5. The molecule has 0 saturated carbocycles. The minimum Gasteiger partial charge on any atom is -0.455 e. The SMILES string of the molecule is CCCCCCCCCCCC[C@H](O)[C@@H](O)CC[C@@H](O)[C@H](O)CCCCCCCCCCCCC1=C[C@H](C)OC1=O. The van der Waals surface area contributed by atoms with Crippen LogP contribution in [0.3, 0.4) is 0 Å². The van der Waals surface area contributed by atoms with Crippen molar-refractivity contribution < 1.29 is 30.0 Å². The molecule has 41 heavy (non-hydrogen) atoms. The standard InChI is InChI=1S/C35H66O6/c1-3-4-5-6-7-8-12-15-18-21-24-31(36)33(38)26-27-34(39)32(37)25-22-19-16-13-10-9-11-14-17-20-23-30-28-29(2)41-35(30)40/h28-29,31-34,36-39H,3-27H2,1-2H3/t29-,31-,32+,33-,34+/m0/s1. The monoisotopic (exact) mass is 582 g/mol. The van der Waals surface area contributed by atoms with E-state index in [0.717, 1.165) is 56.9 Å². The molecule has 0 fully saturated rings. The number of rotatable bonds is 29. The highest BCUT2D eigenvalue weighted by molar-refractivity contribution is 5.90. The Bertz CT molecular complexity index is 651. The molecular weight excluding hydrogens is 516 g/mol. The predicted octanol–water partition coefficient (Wildman–Crippen LogP) is 8.07. The van der Waals surface area contributed by atoms with Gasteiger partial charge in [-0.25, -0.2) is 4.79 Å². The van der Waals surface area contributed by atoms with E-state index in [1.807, 2.05) is 13.0 Å². The van der Waals surface area contributed by atoms with E-state index in [4.69, 9.17) is 4.74 Å². The summed E-state index contributed by atoms with van der Waals surface area (Å²) >= 11 is 0. The second kappa shape index (κ2) is 25.5. The lowest BCUT2D eigenvalue weighted by Crippen LogP contribution is -2.31. The Labute approximate surface area is 252 Å². The zero-order chi connectivity index (χ0) is 30.1. The molecule has 5 atom stereocenters. The zero-order valence-corrected chi connectivity index (χ0v) is 26.7. The molecule has 0 radical (unpaired) electrons. The van der Waals surface area contributed by atoms with Gasteiger partial charge in [0.25, 0.3) is 0 Å². The molecule has 0 aromatic rings. The molecule has 4 N–H and O–H groups in total. The first-order chi connectivity index (χ1) is 19.8. The Morgan fingerprint density at radius 2 is 0.902 bits per heavy atom. The summed E-state index contributed by atoms with van der Waals surface area (Å²) in [6, 6.07) is 0. The maximum absolute atomic E-state index is 11.6. The van der Waals surface area contributed by atoms with E-state index >= 15 is 0 Å². The van der Waals surface area contributed by atoms with Gasteiger partial charge in [0.15, 0.2) is 0 Å². The lowest BCUT2D eigenvalue weighted by molar-refractivity contribution is -0.139. The average molecular weight is 583 g/mol. The molecular formula is C35H66O6. The molecule has 0 aliphatic carbocycles. The lowest BCUT2D eigenvalue weighted by Gasteiger charge is -2.22. The summed E-state index contributed by atoms with van der Waals surface area (Å²) in [7, 11) is 0. The Hall–Kier alpha value is -0.950. The van der Waals surface area contributed by atoms with E-state index in [9.17, 15) is 25.2 Å². The minimum absolute atomic E-state index is 0.0614. The van der Waals surface area contributed by atoms with Crippen LogP contribution in [0.15, 0.2) is 11.6 Å². The van der Waals surface area contributed by atoms with Crippen molar-refractivity contribution in [1.82, 2.24) is 0 Å². The maximum atomic E-state index is 11.6. The third-order valence-corrected chi connectivity index (χ3v) is 8.69. The van der Waals surface area contributed by atoms with Crippen molar-refractivity contribution in [2.24, 2.45) is 0 Å². The van der Waals surface area contributed by atoms with E-state index in [-0.39, 0.29) is 12.1 Å². The number of ether oxygens (including phenoxy) is 1. The van der Waals surface area contributed by atoms with Crippen molar-refractivity contribution in [3.8, 4) is 0 Å². The number of hydrogen-bond acceptors (Lipinski definition) is 6. The second-order valence-corrected chi connectivity index (χ2v) is 12.7. The Balaban J connectivity index is 1.89. The predicted molar refractivity (Wildman–Crippen MR) is 169 cm³/mol. The number of unbranched alkanes of at least 4 members (excludes halogenated alkanes) is 18. The van der Waals surface area contributed by atoms with Gasteiger partial charge in [-0.3, -0.25) is 0 Å². The Morgan fingerprint density at radius 1 is 0.561 bits per heavy atom. The van der Waals surface area contributed by atoms with E-state index in [0.29, 0.717) is 25.7 Å². The quantitative estimate of drug-likeness (QED) is 0.0525. The summed E-state index contributed by atoms with van der Waals surface area (Å²) in [5.74, 6) is -0.136. The first kappa shape index (κ1) is 38.1. The molecule has 0 aromatic heterocycles. The van der Waals surface area contributed by atoms with E-state index < -0.39 is 24.4 Å². The van der Waals surface area contributed by atoms with E-state index in [2.05, 4.69) is 6.92 Å². The van der Waals surface area contributed by atoms with Crippen LogP contribution in [0.1, 0.15) is 174 Å². The summed E-state index contributed by atoms with van der Waals surface area (Å²) in [4.78, 5) is 11.6. The van der Waals surface area contributed by atoms with Crippen LogP contribution in [-0.4, -0.2) is 56.9 Å². The molecule has 6 nitrogen and oxygen atoms in total. The van der Waals surface area contributed by atoms with Crippen molar-refractivity contribution in [2.75, 3.05) is 0 Å². The van der Waals surface area contributed by atoms with Crippen LogP contribution in [0, 0.1) is 0 Å². The third-order valence-electron chi connectivity index (χ3n) is 8.69. The van der Waals surface area contributed by atoms with Crippen LogP contribution in [0.5, 0.6) is 0 Å². The van der Waals surface area contributed by atoms with Gasteiger partial charge in [-0.2, -0.15) is 0 Å². The molecule has 1 aliphatic rings. The van der Waals surface area contributed by atoms with Gasteiger partial charge in [0, 0.05) is 5.57 Å². The van der Waals surface area contributed by atoms with Crippen molar-refractivity contribution >= 4 is 5.97 Å². The number of carbonyl (C=O) groups is 1. The highest BCUT2D eigenvalue weighted by Gasteiger charge is 2.22. The summed E-state index contributed by atoms with van der Waals surface area (Å²) in [6.45, 7) is 4.14. The minimum atomic E-state index is -0.840. The molecule has 0 spiro atoms. The molecule has 1 heterocycles. The molecule has 0 aromatic carbocycles. The maximum Gasteiger partial charge on any atom is 0.334 e. The number of hydrogen-bond donors (Lipinski definition) is 4. The van der Waals surface area contributed by atoms with Crippen molar-refractivity contribution in [1.29, 1.82) is 0 Å². The fourth-order valence-corrected chi connectivity index (χ4v) is 5.85. The molecule has 242 valence electrons. The molecule has 0 saturated heterocycles. The van der Waals surface area contributed by atoms with Gasteiger partial charge in [-0.15, -0.1) is 0 Å². The van der Waals surface area contributed by atoms with Gasteiger partial charge in [-0.1, -0.05) is 129 Å². The van der Waals surface area contributed by atoms with Crippen LogP contribution in [-0.2, 0) is 9.53 Å².